The molecule has 3 N–H and O–H groups in total. The highest BCUT2D eigenvalue weighted by Gasteiger charge is 1.93. The number of unbranched alkanes of at least 4 members (excludes halogenated alkanes) is 1. The van der Waals surface area contributed by atoms with Crippen LogP contribution in [0.15, 0.2) is 40.4 Å². The summed E-state index contributed by atoms with van der Waals surface area (Å²) in [6.45, 7) is 4.14. The molecule has 0 aliphatic rings. The van der Waals surface area contributed by atoms with E-state index in [-0.39, 0.29) is 0 Å². The van der Waals surface area contributed by atoms with Crippen molar-refractivity contribution in [1.82, 2.24) is 5.43 Å². The lowest BCUT2D eigenvalue weighted by atomic mass is 10.2. The molecule has 0 saturated carbocycles. The van der Waals surface area contributed by atoms with Gasteiger partial charge >= 0.3 is 0 Å². The molecular formula is C13H20N4. The van der Waals surface area contributed by atoms with E-state index in [1.807, 2.05) is 37.3 Å². The van der Waals surface area contributed by atoms with Crippen LogP contribution >= 0.6 is 0 Å². The third-order valence-corrected chi connectivity index (χ3v) is 2.26. The first-order chi connectivity index (χ1) is 8.22. The molecule has 0 saturated heterocycles. The van der Waals surface area contributed by atoms with Crippen molar-refractivity contribution in [1.29, 1.82) is 0 Å². The summed E-state index contributed by atoms with van der Waals surface area (Å²) in [6.07, 6.45) is 3.30. The number of guanidine groups is 1. The van der Waals surface area contributed by atoms with Crippen molar-refractivity contribution < 1.29 is 0 Å². The van der Waals surface area contributed by atoms with E-state index in [1.165, 1.54) is 6.42 Å². The zero-order chi connectivity index (χ0) is 12.5. The number of aliphatic imine (C=N–C) groups is 1. The van der Waals surface area contributed by atoms with Gasteiger partial charge in [-0.2, -0.15) is 5.10 Å². The number of nitrogens with two attached hydrogens (primary N) is 1. The molecule has 1 rings (SSSR count). The van der Waals surface area contributed by atoms with Gasteiger partial charge in [-0.3, -0.25) is 0 Å². The second-order valence-electron chi connectivity index (χ2n) is 3.90. The van der Waals surface area contributed by atoms with Crippen LogP contribution in [0.5, 0.6) is 0 Å². The third-order valence-electron chi connectivity index (χ3n) is 2.26. The fourth-order valence-electron chi connectivity index (χ4n) is 1.31. The van der Waals surface area contributed by atoms with Crippen molar-refractivity contribution in [3.63, 3.8) is 0 Å². The molecule has 92 valence electrons. The van der Waals surface area contributed by atoms with E-state index in [1.54, 1.807) is 0 Å². The van der Waals surface area contributed by atoms with Gasteiger partial charge < -0.3 is 5.73 Å². The smallest absolute Gasteiger partial charge is 0.214 e. The largest absolute Gasteiger partial charge is 0.368 e. The van der Waals surface area contributed by atoms with Crippen LogP contribution in [0.3, 0.4) is 0 Å². The van der Waals surface area contributed by atoms with Crippen molar-refractivity contribution in [3.8, 4) is 0 Å². The number of benzene rings is 1. The summed E-state index contributed by atoms with van der Waals surface area (Å²) in [5.41, 5.74) is 10.3. The first-order valence-corrected chi connectivity index (χ1v) is 5.90. The van der Waals surface area contributed by atoms with Gasteiger partial charge in [0.25, 0.3) is 0 Å². The van der Waals surface area contributed by atoms with Crippen molar-refractivity contribution in [3.05, 3.63) is 30.3 Å². The quantitative estimate of drug-likeness (QED) is 0.466. The van der Waals surface area contributed by atoms with Crippen molar-refractivity contribution in [2.45, 2.75) is 33.1 Å². The predicted octanol–water partition coefficient (Wildman–Crippen LogP) is 2.79. The number of hydrogen-bond acceptors (Lipinski definition) is 2. The fourth-order valence-corrected chi connectivity index (χ4v) is 1.31. The van der Waals surface area contributed by atoms with Crippen LogP contribution in [-0.2, 0) is 0 Å². The molecule has 0 amide bonds. The average molecular weight is 232 g/mol. The Morgan fingerprint density at radius 3 is 2.65 bits per heavy atom. The standard InChI is InChI=1S/C13H20N4/c1-3-4-8-11(2)16-17-13(14)15-12-9-6-5-7-10-12/h5-7,9-10H,3-4,8H2,1-2H3,(H3,14,15,17). The fraction of sp³-hybridized carbons (Fsp3) is 0.385. The minimum absolute atomic E-state index is 0.312. The van der Waals surface area contributed by atoms with Crippen LogP contribution in [0.1, 0.15) is 33.1 Å². The number of hydrazone groups is 1. The lowest BCUT2D eigenvalue weighted by Gasteiger charge is -2.02. The van der Waals surface area contributed by atoms with Gasteiger partial charge in [-0.25, -0.2) is 10.4 Å². The number of nitrogens with one attached hydrogen (secondary N) is 1. The van der Waals surface area contributed by atoms with Crippen molar-refractivity contribution in [2.24, 2.45) is 15.8 Å². The van der Waals surface area contributed by atoms with Gasteiger partial charge in [-0.1, -0.05) is 31.5 Å². The van der Waals surface area contributed by atoms with E-state index in [4.69, 9.17) is 5.73 Å². The van der Waals surface area contributed by atoms with Crippen LogP contribution in [0.4, 0.5) is 5.69 Å². The van der Waals surface area contributed by atoms with Gasteiger partial charge in [-0.15, -0.1) is 0 Å². The molecule has 0 aliphatic carbocycles. The van der Waals surface area contributed by atoms with Crippen LogP contribution in [0.2, 0.25) is 0 Å². The minimum Gasteiger partial charge on any atom is -0.368 e. The van der Waals surface area contributed by atoms with Crippen molar-refractivity contribution in [2.75, 3.05) is 0 Å². The van der Waals surface area contributed by atoms with Gasteiger partial charge in [0.15, 0.2) is 0 Å². The van der Waals surface area contributed by atoms with E-state index in [9.17, 15) is 0 Å². The molecule has 0 heterocycles. The molecule has 4 nitrogen and oxygen atoms in total. The Bertz CT molecular complexity index is 382. The molecule has 0 bridgehead atoms. The Morgan fingerprint density at radius 2 is 2.00 bits per heavy atom. The molecule has 17 heavy (non-hydrogen) atoms. The highest BCUT2D eigenvalue weighted by atomic mass is 15.4. The third kappa shape index (κ3) is 5.70. The van der Waals surface area contributed by atoms with Gasteiger partial charge in [0.05, 0.1) is 5.69 Å². The molecule has 4 heteroatoms. The number of para-hydroxylation sites is 1. The van der Waals surface area contributed by atoms with E-state index in [0.717, 1.165) is 24.2 Å². The molecule has 0 fully saturated rings. The molecule has 0 aromatic heterocycles. The Balaban J connectivity index is 2.49. The van der Waals surface area contributed by atoms with E-state index >= 15 is 0 Å². The zero-order valence-electron chi connectivity index (χ0n) is 10.5. The van der Waals surface area contributed by atoms with E-state index < -0.39 is 0 Å². The molecule has 0 aliphatic heterocycles. The molecular weight excluding hydrogens is 212 g/mol. The second-order valence-corrected chi connectivity index (χ2v) is 3.90. The summed E-state index contributed by atoms with van der Waals surface area (Å²) in [4.78, 5) is 4.19. The summed E-state index contributed by atoms with van der Waals surface area (Å²) < 4.78 is 0. The predicted molar refractivity (Wildman–Crippen MR) is 73.5 cm³/mol. The van der Waals surface area contributed by atoms with Gasteiger partial charge in [0.1, 0.15) is 0 Å². The lowest BCUT2D eigenvalue weighted by Crippen LogP contribution is -2.27. The van der Waals surface area contributed by atoms with Gasteiger partial charge in [0, 0.05) is 5.71 Å². The number of rotatable bonds is 5. The number of nitrogens with zero attached hydrogens (tertiary/aromatic N) is 2. The normalized spacial score (nSPS) is 12.6. The minimum atomic E-state index is 0.312. The maximum atomic E-state index is 5.71. The Labute approximate surface area is 103 Å². The maximum Gasteiger partial charge on any atom is 0.214 e. The van der Waals surface area contributed by atoms with Crippen LogP contribution in [0.25, 0.3) is 0 Å². The highest BCUT2D eigenvalue weighted by molar-refractivity contribution is 5.85. The van der Waals surface area contributed by atoms with Crippen molar-refractivity contribution >= 4 is 17.4 Å². The SMILES string of the molecule is CCCCC(C)=NNC(N)=Nc1ccccc1. The van der Waals surface area contributed by atoms with Crippen LogP contribution in [0, 0.1) is 0 Å². The summed E-state index contributed by atoms with van der Waals surface area (Å²) in [5, 5.41) is 4.17. The monoisotopic (exact) mass is 232 g/mol. The Morgan fingerprint density at radius 1 is 1.29 bits per heavy atom. The molecule has 0 spiro atoms. The van der Waals surface area contributed by atoms with E-state index in [2.05, 4.69) is 22.4 Å². The summed E-state index contributed by atoms with van der Waals surface area (Å²) in [7, 11) is 0. The molecule has 0 radical (unpaired) electrons. The maximum absolute atomic E-state index is 5.71. The zero-order valence-corrected chi connectivity index (χ0v) is 10.5. The lowest BCUT2D eigenvalue weighted by molar-refractivity contribution is 0.824. The second kappa shape index (κ2) is 7.44. The first kappa shape index (κ1) is 13.2. The molecule has 0 unspecified atom stereocenters. The number of hydrogen-bond donors (Lipinski definition) is 2. The van der Waals surface area contributed by atoms with Crippen LogP contribution < -0.4 is 11.2 Å². The Kier molecular flexibility index (Phi) is 5.79. The summed E-state index contributed by atoms with van der Waals surface area (Å²) >= 11 is 0. The molecule has 0 atom stereocenters. The topological polar surface area (TPSA) is 62.8 Å². The van der Waals surface area contributed by atoms with Gasteiger partial charge in [0.2, 0.25) is 5.96 Å². The molecule has 1 aromatic rings. The first-order valence-electron chi connectivity index (χ1n) is 5.90. The summed E-state index contributed by atoms with van der Waals surface area (Å²) in [5.74, 6) is 0.312. The average Bonchev–Trinajstić information content (AvgIpc) is 2.35. The Hall–Kier alpha value is -1.84. The van der Waals surface area contributed by atoms with Gasteiger partial charge in [-0.05, 0) is 31.9 Å². The van der Waals surface area contributed by atoms with E-state index in [0.29, 0.717) is 5.96 Å². The van der Waals surface area contributed by atoms with Crippen LogP contribution in [-0.4, -0.2) is 11.7 Å². The summed E-state index contributed by atoms with van der Waals surface area (Å²) in [6, 6.07) is 9.56. The highest BCUT2D eigenvalue weighted by Crippen LogP contribution is 2.08. The molecule has 1 aromatic carbocycles.